The lowest BCUT2D eigenvalue weighted by Gasteiger charge is -2.14. The van der Waals surface area contributed by atoms with E-state index in [0.29, 0.717) is 17.7 Å². The minimum Gasteiger partial charge on any atom is -0.462 e. The lowest BCUT2D eigenvalue weighted by Crippen LogP contribution is -2.12. The lowest BCUT2D eigenvalue weighted by molar-refractivity contribution is 0.0526. The van der Waals surface area contributed by atoms with E-state index in [4.69, 9.17) is 4.74 Å². The van der Waals surface area contributed by atoms with Gasteiger partial charge in [-0.05, 0) is 31.0 Å². The number of hydrogen-bond donors (Lipinski definition) is 0. The monoisotopic (exact) mass is 296 g/mol. The summed E-state index contributed by atoms with van der Waals surface area (Å²) in [5, 5.41) is 0. The fourth-order valence-corrected chi connectivity index (χ4v) is 2.44. The predicted molar refractivity (Wildman–Crippen MR) is 86.2 cm³/mol. The number of Topliss-reactive ketones (excluding diaryl/α,β-unsaturated/α-hetero) is 1. The molecule has 0 saturated carbocycles. The van der Waals surface area contributed by atoms with Crippen molar-refractivity contribution in [1.29, 1.82) is 0 Å². The van der Waals surface area contributed by atoms with Gasteiger partial charge in [0.2, 0.25) is 0 Å². The number of rotatable bonds is 6. The molecule has 3 nitrogen and oxygen atoms in total. The van der Waals surface area contributed by atoms with Crippen LogP contribution in [0.15, 0.2) is 54.6 Å². The molecule has 0 aliphatic rings. The van der Waals surface area contributed by atoms with Crippen molar-refractivity contribution >= 4 is 11.8 Å². The predicted octanol–water partition coefficient (Wildman–Crippen LogP) is 4.24. The van der Waals surface area contributed by atoms with Crippen LogP contribution in [0.25, 0.3) is 0 Å². The summed E-state index contributed by atoms with van der Waals surface area (Å²) in [6, 6.07) is 16.4. The van der Waals surface area contributed by atoms with E-state index < -0.39 is 0 Å². The minimum atomic E-state index is -0.364. The summed E-state index contributed by atoms with van der Waals surface area (Å²) >= 11 is 0. The van der Waals surface area contributed by atoms with Crippen molar-refractivity contribution in [3.05, 3.63) is 71.3 Å². The van der Waals surface area contributed by atoms with E-state index in [-0.39, 0.29) is 17.7 Å². The number of ketones is 1. The van der Waals surface area contributed by atoms with Gasteiger partial charge in [0, 0.05) is 11.5 Å². The molecule has 0 aliphatic heterocycles. The van der Waals surface area contributed by atoms with Gasteiger partial charge in [-0.2, -0.15) is 0 Å². The summed E-state index contributed by atoms with van der Waals surface area (Å²) in [5.41, 5.74) is 2.10. The van der Waals surface area contributed by atoms with E-state index in [2.05, 4.69) is 0 Å². The quantitative estimate of drug-likeness (QED) is 0.591. The highest BCUT2D eigenvalue weighted by Crippen LogP contribution is 2.24. The summed E-state index contributed by atoms with van der Waals surface area (Å²) in [6.07, 6.45) is 0.739. The van der Waals surface area contributed by atoms with Gasteiger partial charge in [-0.1, -0.05) is 49.4 Å². The van der Waals surface area contributed by atoms with Crippen LogP contribution in [0, 0.1) is 0 Å². The number of hydrogen-bond acceptors (Lipinski definition) is 3. The van der Waals surface area contributed by atoms with Crippen molar-refractivity contribution in [3.8, 4) is 0 Å². The van der Waals surface area contributed by atoms with Gasteiger partial charge in [0.25, 0.3) is 0 Å². The van der Waals surface area contributed by atoms with Crippen LogP contribution in [0.5, 0.6) is 0 Å². The third-order valence-corrected chi connectivity index (χ3v) is 3.61. The highest BCUT2D eigenvalue weighted by Gasteiger charge is 2.20. The fourth-order valence-electron chi connectivity index (χ4n) is 2.44. The van der Waals surface area contributed by atoms with Gasteiger partial charge >= 0.3 is 5.97 Å². The minimum absolute atomic E-state index is 0.0732. The third kappa shape index (κ3) is 3.61. The molecule has 0 aliphatic carbocycles. The normalized spacial score (nSPS) is 11.7. The van der Waals surface area contributed by atoms with Gasteiger partial charge < -0.3 is 4.74 Å². The zero-order valence-corrected chi connectivity index (χ0v) is 12.9. The van der Waals surface area contributed by atoms with Crippen LogP contribution in [0.4, 0.5) is 0 Å². The molecular weight excluding hydrogens is 276 g/mol. The van der Waals surface area contributed by atoms with Crippen LogP contribution in [-0.2, 0) is 4.74 Å². The number of ether oxygens (including phenoxy) is 1. The molecule has 0 amide bonds. The SMILES string of the molecule is CCOC(=O)c1ccc(C(=O)C(CC)c2ccccc2)cc1. The Morgan fingerprint density at radius 2 is 1.50 bits per heavy atom. The molecular formula is C19H20O3. The Morgan fingerprint density at radius 1 is 0.909 bits per heavy atom. The molecule has 0 radical (unpaired) electrons. The topological polar surface area (TPSA) is 43.4 Å². The van der Waals surface area contributed by atoms with Crippen LogP contribution in [-0.4, -0.2) is 18.4 Å². The average molecular weight is 296 g/mol. The van der Waals surface area contributed by atoms with E-state index in [1.165, 1.54) is 0 Å². The summed E-state index contributed by atoms with van der Waals surface area (Å²) in [4.78, 5) is 24.3. The molecule has 1 atom stereocenters. The third-order valence-electron chi connectivity index (χ3n) is 3.61. The van der Waals surface area contributed by atoms with Crippen molar-refractivity contribution in [2.75, 3.05) is 6.61 Å². The Balaban J connectivity index is 2.20. The van der Waals surface area contributed by atoms with Gasteiger partial charge in [-0.15, -0.1) is 0 Å². The van der Waals surface area contributed by atoms with E-state index >= 15 is 0 Å². The Hall–Kier alpha value is -2.42. The van der Waals surface area contributed by atoms with E-state index in [1.807, 2.05) is 37.3 Å². The second-order valence-corrected chi connectivity index (χ2v) is 5.03. The van der Waals surface area contributed by atoms with Gasteiger partial charge in [0.05, 0.1) is 12.2 Å². The second kappa shape index (κ2) is 7.55. The summed E-state index contributed by atoms with van der Waals surface area (Å²) in [5.74, 6) is -0.449. The van der Waals surface area contributed by atoms with Crippen LogP contribution < -0.4 is 0 Å². The highest BCUT2D eigenvalue weighted by atomic mass is 16.5. The molecule has 2 aromatic rings. The Bertz CT molecular complexity index is 629. The van der Waals surface area contributed by atoms with E-state index in [0.717, 1.165) is 12.0 Å². The molecule has 0 heterocycles. The first kappa shape index (κ1) is 16.0. The van der Waals surface area contributed by atoms with E-state index in [1.54, 1.807) is 31.2 Å². The van der Waals surface area contributed by atoms with Crippen molar-refractivity contribution in [3.63, 3.8) is 0 Å². The molecule has 22 heavy (non-hydrogen) atoms. The number of benzene rings is 2. The van der Waals surface area contributed by atoms with Gasteiger partial charge in [0.1, 0.15) is 0 Å². The average Bonchev–Trinajstić information content (AvgIpc) is 2.57. The van der Waals surface area contributed by atoms with Crippen LogP contribution >= 0.6 is 0 Å². The maximum absolute atomic E-state index is 12.7. The van der Waals surface area contributed by atoms with Crippen molar-refractivity contribution < 1.29 is 14.3 Å². The molecule has 114 valence electrons. The van der Waals surface area contributed by atoms with E-state index in [9.17, 15) is 9.59 Å². The van der Waals surface area contributed by atoms with Gasteiger partial charge in [-0.25, -0.2) is 4.79 Å². The zero-order valence-electron chi connectivity index (χ0n) is 12.9. The fraction of sp³-hybridized carbons (Fsp3) is 0.263. The molecule has 2 rings (SSSR count). The first-order valence-corrected chi connectivity index (χ1v) is 7.53. The zero-order chi connectivity index (χ0) is 15.9. The molecule has 0 saturated heterocycles. The second-order valence-electron chi connectivity index (χ2n) is 5.03. The van der Waals surface area contributed by atoms with Crippen LogP contribution in [0.1, 0.15) is 52.5 Å². The Kier molecular flexibility index (Phi) is 5.48. The maximum Gasteiger partial charge on any atom is 0.338 e. The molecule has 1 unspecified atom stereocenters. The first-order valence-electron chi connectivity index (χ1n) is 7.53. The summed E-state index contributed by atoms with van der Waals surface area (Å²) < 4.78 is 4.94. The smallest absolute Gasteiger partial charge is 0.338 e. The molecule has 0 spiro atoms. The molecule has 2 aromatic carbocycles. The van der Waals surface area contributed by atoms with Gasteiger partial charge in [-0.3, -0.25) is 4.79 Å². The van der Waals surface area contributed by atoms with Crippen molar-refractivity contribution in [2.45, 2.75) is 26.2 Å². The lowest BCUT2D eigenvalue weighted by atomic mass is 9.88. The molecule has 0 aromatic heterocycles. The largest absolute Gasteiger partial charge is 0.462 e. The highest BCUT2D eigenvalue weighted by molar-refractivity contribution is 6.01. The molecule has 0 bridgehead atoms. The first-order chi connectivity index (χ1) is 10.7. The Labute approximate surface area is 130 Å². The van der Waals surface area contributed by atoms with Crippen LogP contribution in [0.3, 0.4) is 0 Å². The van der Waals surface area contributed by atoms with Crippen molar-refractivity contribution in [1.82, 2.24) is 0 Å². The summed E-state index contributed by atoms with van der Waals surface area (Å²) in [7, 11) is 0. The van der Waals surface area contributed by atoms with Crippen LogP contribution in [0.2, 0.25) is 0 Å². The maximum atomic E-state index is 12.7. The molecule has 0 N–H and O–H groups in total. The number of esters is 1. The molecule has 0 fully saturated rings. The molecule has 3 heteroatoms. The Morgan fingerprint density at radius 3 is 2.05 bits per heavy atom. The number of carbonyl (C=O) groups excluding carboxylic acids is 2. The van der Waals surface area contributed by atoms with Crippen molar-refractivity contribution in [2.24, 2.45) is 0 Å². The van der Waals surface area contributed by atoms with Gasteiger partial charge in [0.15, 0.2) is 5.78 Å². The summed E-state index contributed by atoms with van der Waals surface area (Å²) in [6.45, 7) is 4.11. The number of carbonyl (C=O) groups is 2. The standard InChI is InChI=1S/C19H20O3/c1-3-17(14-8-6-5-7-9-14)18(20)15-10-12-16(13-11-15)19(21)22-4-2/h5-13,17H,3-4H2,1-2H3.